The molecule has 5 heteroatoms. The maximum atomic E-state index is 6.29. The summed E-state index contributed by atoms with van der Waals surface area (Å²) in [5, 5.41) is 0. The van der Waals surface area contributed by atoms with Crippen LogP contribution in [0.15, 0.2) is 78.9 Å². The fourth-order valence-electron chi connectivity index (χ4n) is 10.2. The van der Waals surface area contributed by atoms with E-state index < -0.39 is 0 Å². The average Bonchev–Trinajstić information content (AvgIpc) is 3.45. The quantitative estimate of drug-likeness (QED) is 0.168. The molecule has 4 nitrogen and oxygen atoms in total. The van der Waals surface area contributed by atoms with E-state index in [1.165, 1.54) is 78.2 Å². The Morgan fingerprint density at radius 2 is 1.15 bits per heavy atom. The van der Waals surface area contributed by atoms with Crippen LogP contribution >= 0.6 is 0 Å². The van der Waals surface area contributed by atoms with Crippen molar-refractivity contribution in [2.45, 2.75) is 92.9 Å². The Hall–Kier alpha value is -4.64. The molecule has 0 saturated heterocycles. The second kappa shape index (κ2) is 11.2. The van der Waals surface area contributed by atoms with Gasteiger partial charge >= 0.3 is 0 Å². The van der Waals surface area contributed by atoms with Crippen molar-refractivity contribution in [3.63, 3.8) is 0 Å². The third kappa shape index (κ3) is 5.24. The van der Waals surface area contributed by atoms with Gasteiger partial charge in [-0.2, -0.15) is 0 Å². The van der Waals surface area contributed by atoms with E-state index in [0.29, 0.717) is 18.6 Å². The molecule has 5 aliphatic rings. The van der Waals surface area contributed by atoms with Crippen molar-refractivity contribution in [2.75, 3.05) is 23.0 Å². The van der Waals surface area contributed by atoms with E-state index in [1.54, 1.807) is 0 Å². The number of rotatable bonds is 2. The molecule has 268 valence electrons. The Bertz CT molecular complexity index is 2370. The summed E-state index contributed by atoms with van der Waals surface area (Å²) in [4.78, 5) is 5.13. The highest BCUT2D eigenvalue weighted by atomic mass is 16.5. The first kappa shape index (κ1) is 33.0. The van der Waals surface area contributed by atoms with Gasteiger partial charge in [0.05, 0.1) is 18.9 Å². The molecule has 0 unspecified atom stereocenters. The lowest BCUT2D eigenvalue weighted by atomic mass is 9.33. The molecule has 0 saturated carbocycles. The summed E-state index contributed by atoms with van der Waals surface area (Å²) in [5.74, 6) is 1.65. The summed E-state index contributed by atoms with van der Waals surface area (Å²) < 4.78 is 12.4. The molecule has 0 N–H and O–H groups in total. The fourth-order valence-corrected chi connectivity index (χ4v) is 10.2. The lowest BCUT2D eigenvalue weighted by molar-refractivity contribution is 0.297. The lowest BCUT2D eigenvalue weighted by Crippen LogP contribution is -2.61. The largest absolute Gasteiger partial charge is 0.490 e. The molecule has 5 aromatic rings. The van der Waals surface area contributed by atoms with E-state index in [1.807, 2.05) is 0 Å². The van der Waals surface area contributed by atoms with Gasteiger partial charge in [0.2, 0.25) is 0 Å². The Labute approximate surface area is 316 Å². The average molecular weight is 699 g/mol. The summed E-state index contributed by atoms with van der Waals surface area (Å²) in [6.45, 7) is 20.4. The van der Waals surface area contributed by atoms with Gasteiger partial charge in [-0.25, -0.2) is 0 Å². The Morgan fingerprint density at radius 3 is 1.87 bits per heavy atom. The van der Waals surface area contributed by atoms with Crippen LogP contribution in [-0.2, 0) is 31.1 Å². The van der Waals surface area contributed by atoms with Crippen LogP contribution in [0.1, 0.15) is 88.3 Å². The van der Waals surface area contributed by atoms with Crippen LogP contribution in [0.3, 0.4) is 0 Å². The summed E-state index contributed by atoms with van der Waals surface area (Å²) in [7, 11) is 0. The van der Waals surface area contributed by atoms with E-state index in [2.05, 4.69) is 144 Å². The zero-order valence-electron chi connectivity index (χ0n) is 32.7. The van der Waals surface area contributed by atoms with Crippen molar-refractivity contribution in [3.8, 4) is 11.5 Å². The maximum Gasteiger partial charge on any atom is 0.252 e. The highest BCUT2D eigenvalue weighted by Crippen LogP contribution is 2.49. The standard InChI is InChI=1S/C48H51BN2O2/c1-29-18-41-45-42(19-29)51(35-12-10-30-25-47(5,6)26-31(30)20-35)40-22-33-28-48(7,8)27-32(33)21-37(40)49(45)38-23-34(46(2,3)4)11-14-39(38)50(41)36-13-15-43-44(24-36)53-17-9-16-52-43/h10-15,18-24H,9,16-17,25-28H2,1-8H3. The minimum Gasteiger partial charge on any atom is -0.490 e. The number of hydrogen-bond donors (Lipinski definition) is 0. The van der Waals surface area contributed by atoms with Crippen molar-refractivity contribution in [1.82, 2.24) is 0 Å². The fraction of sp³-hybridized carbons (Fsp3) is 0.375. The minimum absolute atomic E-state index is 0.00910. The molecule has 3 heterocycles. The number of fused-ring (bicyclic) bond motifs is 7. The van der Waals surface area contributed by atoms with E-state index in [9.17, 15) is 0 Å². The first-order valence-electron chi connectivity index (χ1n) is 19.8. The summed E-state index contributed by atoms with van der Waals surface area (Å²) >= 11 is 0. The van der Waals surface area contributed by atoms with Gasteiger partial charge in [0, 0.05) is 40.9 Å². The molecule has 3 aliphatic heterocycles. The van der Waals surface area contributed by atoms with Crippen LogP contribution in [0, 0.1) is 17.8 Å². The molecule has 0 radical (unpaired) electrons. The van der Waals surface area contributed by atoms with Gasteiger partial charge in [0.25, 0.3) is 6.71 Å². The molecule has 5 aromatic carbocycles. The molecule has 53 heavy (non-hydrogen) atoms. The van der Waals surface area contributed by atoms with Crippen LogP contribution in [0.5, 0.6) is 11.5 Å². The maximum absolute atomic E-state index is 6.29. The molecule has 0 fully saturated rings. The highest BCUT2D eigenvalue weighted by molar-refractivity contribution is 7.00. The molecule has 0 spiro atoms. The summed E-state index contributed by atoms with van der Waals surface area (Å²) in [6.07, 6.45) is 5.37. The number of benzene rings is 5. The minimum atomic E-state index is 0.00910. The van der Waals surface area contributed by atoms with Crippen LogP contribution in [0.2, 0.25) is 0 Å². The van der Waals surface area contributed by atoms with Crippen molar-refractivity contribution < 1.29 is 9.47 Å². The number of nitrogens with zero attached hydrogens (tertiary/aromatic N) is 2. The Kier molecular flexibility index (Phi) is 6.97. The van der Waals surface area contributed by atoms with Crippen LogP contribution in [0.25, 0.3) is 0 Å². The van der Waals surface area contributed by atoms with Gasteiger partial charge in [-0.1, -0.05) is 72.7 Å². The molecule has 10 rings (SSSR count). The summed E-state index contributed by atoms with van der Waals surface area (Å²) in [6, 6.07) is 31.2. The third-order valence-electron chi connectivity index (χ3n) is 12.5. The van der Waals surface area contributed by atoms with Gasteiger partial charge < -0.3 is 19.3 Å². The number of ether oxygens (including phenoxy) is 2. The van der Waals surface area contributed by atoms with Crippen molar-refractivity contribution in [2.24, 2.45) is 10.8 Å². The third-order valence-corrected chi connectivity index (χ3v) is 12.5. The number of aryl methyl sites for hydroxylation is 1. The van der Waals surface area contributed by atoms with Gasteiger partial charge in [-0.15, -0.1) is 0 Å². The second-order valence-corrected chi connectivity index (χ2v) is 19.2. The molecular weight excluding hydrogens is 647 g/mol. The first-order chi connectivity index (χ1) is 25.2. The molecule has 0 amide bonds. The molecule has 0 aromatic heterocycles. The monoisotopic (exact) mass is 698 g/mol. The van der Waals surface area contributed by atoms with E-state index in [-0.39, 0.29) is 17.5 Å². The zero-order valence-corrected chi connectivity index (χ0v) is 32.7. The normalized spacial score (nSPS) is 18.5. The zero-order chi connectivity index (χ0) is 36.6. The van der Waals surface area contributed by atoms with Crippen LogP contribution in [-0.4, -0.2) is 19.9 Å². The van der Waals surface area contributed by atoms with Crippen molar-refractivity contribution in [1.29, 1.82) is 0 Å². The predicted octanol–water partition coefficient (Wildman–Crippen LogP) is 9.79. The van der Waals surface area contributed by atoms with Crippen molar-refractivity contribution >= 4 is 57.2 Å². The van der Waals surface area contributed by atoms with Gasteiger partial charge in [-0.3, -0.25) is 0 Å². The molecule has 2 aliphatic carbocycles. The van der Waals surface area contributed by atoms with Gasteiger partial charge in [-0.05, 0) is 147 Å². The highest BCUT2D eigenvalue weighted by Gasteiger charge is 2.45. The Morgan fingerprint density at radius 1 is 0.566 bits per heavy atom. The van der Waals surface area contributed by atoms with Crippen LogP contribution < -0.4 is 35.7 Å². The van der Waals surface area contributed by atoms with Crippen LogP contribution in [0.4, 0.5) is 34.1 Å². The SMILES string of the molecule is Cc1cc2c3c(c1)N(c1ccc4c(c1)CC(C)(C)C4)c1cc4c(cc1B3c1cc(C(C)(C)C)ccc1N2c1ccc2c(c1)OCCCO2)CC(C)(C)C4. The molecule has 0 bridgehead atoms. The molecule has 0 atom stereocenters. The smallest absolute Gasteiger partial charge is 0.252 e. The van der Waals surface area contributed by atoms with Gasteiger partial charge in [0.15, 0.2) is 11.5 Å². The van der Waals surface area contributed by atoms with E-state index in [4.69, 9.17) is 9.47 Å². The summed E-state index contributed by atoms with van der Waals surface area (Å²) in [5.41, 5.74) is 20.8. The van der Waals surface area contributed by atoms with E-state index in [0.717, 1.165) is 49.3 Å². The number of hydrogen-bond acceptors (Lipinski definition) is 4. The topological polar surface area (TPSA) is 24.9 Å². The molecular formula is C48H51BN2O2. The number of anilines is 6. The van der Waals surface area contributed by atoms with Gasteiger partial charge in [0.1, 0.15) is 0 Å². The lowest BCUT2D eigenvalue weighted by Gasteiger charge is -2.45. The predicted molar refractivity (Wildman–Crippen MR) is 222 cm³/mol. The van der Waals surface area contributed by atoms with E-state index >= 15 is 0 Å². The second-order valence-electron chi connectivity index (χ2n) is 19.2. The van der Waals surface area contributed by atoms with Crippen molar-refractivity contribution in [3.05, 3.63) is 112 Å². The first-order valence-corrected chi connectivity index (χ1v) is 19.8. The Balaban J connectivity index is 1.27.